The number of esters is 1. The predicted molar refractivity (Wildman–Crippen MR) is 50.7 cm³/mol. The number of halogens is 1. The Bertz CT molecular complexity index is 372. The van der Waals surface area contributed by atoms with Gasteiger partial charge >= 0.3 is 5.97 Å². The number of carbonyl (C=O) groups excluding carboxylic acids is 1. The first-order valence-corrected chi connectivity index (χ1v) is 4.49. The van der Waals surface area contributed by atoms with Gasteiger partial charge in [0.2, 0.25) is 0 Å². The molecule has 0 fully saturated rings. The second kappa shape index (κ2) is 4.23. The van der Waals surface area contributed by atoms with Crippen LogP contribution in [0.25, 0.3) is 0 Å². The second-order valence-corrected chi connectivity index (χ2v) is 3.15. The standard InChI is InChI=1S/C8H8BrNO3/c1-2-13-8(12)6-3-5(11)4-7(9)10-6/h3-4H,2H2,1H3,(H,10,11). The summed E-state index contributed by atoms with van der Waals surface area (Å²) in [4.78, 5) is 24.8. The fourth-order valence-electron chi connectivity index (χ4n) is 0.828. The molecule has 0 spiro atoms. The third-order valence-electron chi connectivity index (χ3n) is 1.31. The fraction of sp³-hybridized carbons (Fsp3) is 0.250. The highest BCUT2D eigenvalue weighted by molar-refractivity contribution is 9.10. The zero-order valence-electron chi connectivity index (χ0n) is 6.96. The molecule has 1 aromatic rings. The molecule has 13 heavy (non-hydrogen) atoms. The summed E-state index contributed by atoms with van der Waals surface area (Å²) in [5.74, 6) is -0.527. The van der Waals surface area contributed by atoms with Crippen LogP contribution in [0.15, 0.2) is 21.5 Å². The number of aromatic nitrogens is 1. The molecule has 70 valence electrons. The summed E-state index contributed by atoms with van der Waals surface area (Å²) in [6.45, 7) is 1.99. The molecule has 1 heterocycles. The first kappa shape index (κ1) is 9.98. The summed E-state index contributed by atoms with van der Waals surface area (Å²) < 4.78 is 5.17. The second-order valence-electron chi connectivity index (χ2n) is 2.30. The van der Waals surface area contributed by atoms with Crippen LogP contribution in [0, 0.1) is 0 Å². The molecule has 0 unspecified atom stereocenters. The van der Waals surface area contributed by atoms with Crippen LogP contribution in [0.2, 0.25) is 0 Å². The smallest absolute Gasteiger partial charge is 0.354 e. The lowest BCUT2D eigenvalue weighted by molar-refractivity contribution is 0.0519. The first-order valence-electron chi connectivity index (χ1n) is 3.70. The van der Waals surface area contributed by atoms with Crippen LogP contribution in [-0.4, -0.2) is 17.6 Å². The molecule has 0 bridgehead atoms. The van der Waals surface area contributed by atoms with E-state index in [2.05, 4.69) is 20.9 Å². The zero-order valence-corrected chi connectivity index (χ0v) is 8.55. The minimum atomic E-state index is -0.527. The molecule has 0 aliphatic carbocycles. The summed E-state index contributed by atoms with van der Waals surface area (Å²) in [5.41, 5.74) is -0.0881. The van der Waals surface area contributed by atoms with Crippen LogP contribution in [0.5, 0.6) is 0 Å². The molecule has 0 saturated heterocycles. The van der Waals surface area contributed by atoms with Gasteiger partial charge in [-0.15, -0.1) is 0 Å². The predicted octanol–water partition coefficient (Wildman–Crippen LogP) is 1.31. The maximum absolute atomic E-state index is 11.1. The first-order chi connectivity index (χ1) is 6.13. The van der Waals surface area contributed by atoms with Crippen LogP contribution in [0.4, 0.5) is 0 Å². The Morgan fingerprint density at radius 3 is 2.85 bits per heavy atom. The Morgan fingerprint density at radius 1 is 1.62 bits per heavy atom. The quantitative estimate of drug-likeness (QED) is 0.632. The molecule has 0 aliphatic heterocycles. The monoisotopic (exact) mass is 245 g/mol. The molecule has 1 rings (SSSR count). The molecule has 0 atom stereocenters. The van der Waals surface area contributed by atoms with Crippen molar-refractivity contribution in [3.63, 3.8) is 0 Å². The highest BCUT2D eigenvalue weighted by atomic mass is 79.9. The molecule has 1 aromatic heterocycles. The van der Waals surface area contributed by atoms with Crippen molar-refractivity contribution in [2.45, 2.75) is 6.92 Å². The van der Waals surface area contributed by atoms with Crippen molar-refractivity contribution in [1.82, 2.24) is 4.98 Å². The van der Waals surface area contributed by atoms with Gasteiger partial charge in [-0.2, -0.15) is 0 Å². The molecular formula is C8H8BrNO3. The number of carbonyl (C=O) groups is 1. The zero-order chi connectivity index (χ0) is 9.84. The molecule has 5 heteroatoms. The third-order valence-corrected chi connectivity index (χ3v) is 1.73. The average Bonchev–Trinajstić information content (AvgIpc) is 2.03. The summed E-state index contributed by atoms with van der Waals surface area (Å²) in [6.07, 6.45) is 0. The lowest BCUT2D eigenvalue weighted by Crippen LogP contribution is -2.11. The van der Waals surface area contributed by atoms with Crippen molar-refractivity contribution in [2.24, 2.45) is 0 Å². The van der Waals surface area contributed by atoms with E-state index in [9.17, 15) is 9.59 Å². The Balaban J connectivity index is 3.01. The van der Waals surface area contributed by atoms with Gasteiger partial charge < -0.3 is 9.72 Å². The summed E-state index contributed by atoms with van der Waals surface area (Å²) in [5, 5.41) is 0. The molecule has 0 saturated carbocycles. The van der Waals surface area contributed by atoms with E-state index in [4.69, 9.17) is 4.74 Å². The van der Waals surface area contributed by atoms with Gasteiger partial charge in [0.1, 0.15) is 5.69 Å². The van der Waals surface area contributed by atoms with Crippen LogP contribution in [-0.2, 0) is 4.74 Å². The number of nitrogens with one attached hydrogen (secondary N) is 1. The lowest BCUT2D eigenvalue weighted by atomic mass is 10.3. The normalized spacial score (nSPS) is 9.69. The highest BCUT2D eigenvalue weighted by Crippen LogP contribution is 2.03. The van der Waals surface area contributed by atoms with E-state index in [0.717, 1.165) is 0 Å². The highest BCUT2D eigenvalue weighted by Gasteiger charge is 2.07. The molecule has 0 aliphatic rings. The van der Waals surface area contributed by atoms with Gasteiger partial charge in [-0.25, -0.2) is 4.79 Å². The van der Waals surface area contributed by atoms with Crippen molar-refractivity contribution in [1.29, 1.82) is 0 Å². The van der Waals surface area contributed by atoms with E-state index in [0.29, 0.717) is 4.60 Å². The van der Waals surface area contributed by atoms with Crippen molar-refractivity contribution in [3.8, 4) is 0 Å². The SMILES string of the molecule is CCOC(=O)c1cc(=O)cc(Br)[nH]1. The average molecular weight is 246 g/mol. The minimum Gasteiger partial charge on any atom is -0.461 e. The maximum Gasteiger partial charge on any atom is 0.354 e. The minimum absolute atomic E-state index is 0.154. The maximum atomic E-state index is 11.1. The van der Waals surface area contributed by atoms with Crippen LogP contribution in [0.1, 0.15) is 17.4 Å². The molecule has 0 radical (unpaired) electrons. The van der Waals surface area contributed by atoms with E-state index in [-0.39, 0.29) is 17.7 Å². The van der Waals surface area contributed by atoms with Gasteiger partial charge in [0.25, 0.3) is 0 Å². The van der Waals surface area contributed by atoms with Gasteiger partial charge in [0, 0.05) is 12.1 Å². The van der Waals surface area contributed by atoms with Gasteiger partial charge in [-0.05, 0) is 22.9 Å². The summed E-state index contributed by atoms with van der Waals surface area (Å²) >= 11 is 3.07. The van der Waals surface area contributed by atoms with Crippen LogP contribution < -0.4 is 5.43 Å². The van der Waals surface area contributed by atoms with E-state index in [1.54, 1.807) is 6.92 Å². The van der Waals surface area contributed by atoms with Crippen LogP contribution >= 0.6 is 15.9 Å². The Labute approximate surface area is 83.1 Å². The van der Waals surface area contributed by atoms with Gasteiger partial charge in [-0.3, -0.25) is 4.79 Å². The number of hydrogen-bond acceptors (Lipinski definition) is 3. The fourth-order valence-corrected chi connectivity index (χ4v) is 1.27. The van der Waals surface area contributed by atoms with Crippen LogP contribution in [0.3, 0.4) is 0 Å². The number of pyridine rings is 1. The lowest BCUT2D eigenvalue weighted by Gasteiger charge is -2.01. The van der Waals surface area contributed by atoms with Crippen molar-refractivity contribution in [3.05, 3.63) is 32.7 Å². The van der Waals surface area contributed by atoms with Gasteiger partial charge in [0.15, 0.2) is 5.43 Å². The van der Waals surface area contributed by atoms with E-state index in [1.165, 1.54) is 12.1 Å². The molecule has 0 amide bonds. The largest absolute Gasteiger partial charge is 0.461 e. The number of H-pyrrole nitrogens is 1. The molecule has 1 N–H and O–H groups in total. The Morgan fingerprint density at radius 2 is 2.31 bits per heavy atom. The van der Waals surface area contributed by atoms with Crippen molar-refractivity contribution in [2.75, 3.05) is 6.61 Å². The number of aromatic amines is 1. The van der Waals surface area contributed by atoms with Crippen molar-refractivity contribution >= 4 is 21.9 Å². The summed E-state index contributed by atoms with van der Waals surface area (Å²) in [6, 6.07) is 2.53. The number of hydrogen-bond donors (Lipinski definition) is 1. The number of ether oxygens (including phenoxy) is 1. The van der Waals surface area contributed by atoms with Gasteiger partial charge in [-0.1, -0.05) is 0 Å². The van der Waals surface area contributed by atoms with Crippen molar-refractivity contribution < 1.29 is 9.53 Å². The molecule has 4 nitrogen and oxygen atoms in total. The molecular weight excluding hydrogens is 238 g/mol. The molecule has 0 aromatic carbocycles. The Hall–Kier alpha value is -1.10. The topological polar surface area (TPSA) is 59.2 Å². The van der Waals surface area contributed by atoms with Gasteiger partial charge in [0.05, 0.1) is 11.2 Å². The number of rotatable bonds is 2. The van der Waals surface area contributed by atoms with E-state index in [1.807, 2.05) is 0 Å². The van der Waals surface area contributed by atoms with E-state index >= 15 is 0 Å². The van der Waals surface area contributed by atoms with E-state index < -0.39 is 5.97 Å². The Kier molecular flexibility index (Phi) is 3.25. The summed E-state index contributed by atoms with van der Waals surface area (Å²) in [7, 11) is 0. The third kappa shape index (κ3) is 2.69.